The van der Waals surface area contributed by atoms with Gasteiger partial charge in [0, 0.05) is 12.7 Å². The van der Waals surface area contributed by atoms with Gasteiger partial charge in [-0.2, -0.15) is 0 Å². The van der Waals surface area contributed by atoms with Gasteiger partial charge in [0.05, 0.1) is 18.2 Å². The van der Waals surface area contributed by atoms with Crippen LogP contribution in [0.25, 0.3) is 0 Å². The van der Waals surface area contributed by atoms with Crippen molar-refractivity contribution in [3.8, 4) is 0 Å². The molecule has 0 bridgehead atoms. The molecule has 1 aromatic heterocycles. The van der Waals surface area contributed by atoms with Gasteiger partial charge >= 0.3 is 11.9 Å². The van der Waals surface area contributed by atoms with Crippen LogP contribution in [-0.2, 0) is 14.3 Å². The second-order valence-electron chi connectivity index (χ2n) is 6.51. The summed E-state index contributed by atoms with van der Waals surface area (Å²) in [5.74, 6) is -1.51. The molecule has 2 aromatic rings. The van der Waals surface area contributed by atoms with E-state index >= 15 is 0 Å². The number of rotatable bonds is 7. The standard InChI is InChI=1S/C21H26N2O5/c1-6-27-20(25)18-13(2)19(22-14(18)3)21(26)28-12-17(24)23(5)15(4)16-10-8-7-9-11-16/h7-11,15,22H,6,12H2,1-5H3. The van der Waals surface area contributed by atoms with Crippen LogP contribution in [0.4, 0.5) is 0 Å². The molecule has 0 aliphatic heterocycles. The van der Waals surface area contributed by atoms with Crippen molar-refractivity contribution in [1.82, 2.24) is 9.88 Å². The number of amides is 1. The first-order valence-electron chi connectivity index (χ1n) is 9.11. The molecule has 0 aliphatic rings. The predicted octanol–water partition coefficient (Wildman–Crippen LogP) is 3.18. The number of esters is 2. The third-order valence-corrected chi connectivity index (χ3v) is 4.70. The van der Waals surface area contributed by atoms with Gasteiger partial charge in [0.25, 0.3) is 5.91 Å². The van der Waals surface area contributed by atoms with E-state index in [1.54, 1.807) is 27.8 Å². The second kappa shape index (κ2) is 9.21. The molecule has 0 radical (unpaired) electrons. The molecule has 2 rings (SSSR count). The molecule has 150 valence electrons. The van der Waals surface area contributed by atoms with E-state index in [0.29, 0.717) is 16.8 Å². The third kappa shape index (κ3) is 4.60. The first-order valence-corrected chi connectivity index (χ1v) is 9.11. The van der Waals surface area contributed by atoms with Crippen LogP contribution in [0.5, 0.6) is 0 Å². The lowest BCUT2D eigenvalue weighted by atomic mass is 10.1. The lowest BCUT2D eigenvalue weighted by molar-refractivity contribution is -0.135. The van der Waals surface area contributed by atoms with Crippen molar-refractivity contribution in [3.05, 3.63) is 58.4 Å². The lowest BCUT2D eigenvalue weighted by Gasteiger charge is -2.25. The van der Waals surface area contributed by atoms with Crippen LogP contribution in [0.3, 0.4) is 0 Å². The Morgan fingerprint density at radius 1 is 1.07 bits per heavy atom. The fourth-order valence-electron chi connectivity index (χ4n) is 2.94. The molecule has 0 aliphatic carbocycles. The highest BCUT2D eigenvalue weighted by Gasteiger charge is 2.25. The van der Waals surface area contributed by atoms with Gasteiger partial charge in [0.15, 0.2) is 6.61 Å². The molecule has 7 heteroatoms. The van der Waals surface area contributed by atoms with Gasteiger partial charge < -0.3 is 19.4 Å². The van der Waals surface area contributed by atoms with Crippen LogP contribution in [0.1, 0.15) is 57.6 Å². The largest absolute Gasteiger partial charge is 0.462 e. The minimum atomic E-state index is -0.690. The Hall–Kier alpha value is -3.09. The van der Waals surface area contributed by atoms with Crippen molar-refractivity contribution >= 4 is 17.8 Å². The van der Waals surface area contributed by atoms with Crippen molar-refractivity contribution in [3.63, 3.8) is 0 Å². The monoisotopic (exact) mass is 386 g/mol. The van der Waals surface area contributed by atoms with Gasteiger partial charge in [-0.15, -0.1) is 0 Å². The number of likely N-dealkylation sites (N-methyl/N-ethyl adjacent to an activating group) is 1. The van der Waals surface area contributed by atoms with Gasteiger partial charge in [-0.1, -0.05) is 30.3 Å². The normalized spacial score (nSPS) is 11.6. The highest BCUT2D eigenvalue weighted by Crippen LogP contribution is 2.21. The summed E-state index contributed by atoms with van der Waals surface area (Å²) in [6, 6.07) is 9.43. The quantitative estimate of drug-likeness (QED) is 0.738. The summed E-state index contributed by atoms with van der Waals surface area (Å²) in [6.07, 6.45) is 0. The van der Waals surface area contributed by atoms with E-state index in [0.717, 1.165) is 5.56 Å². The summed E-state index contributed by atoms with van der Waals surface area (Å²) in [5, 5.41) is 0. The number of carbonyl (C=O) groups is 3. The Morgan fingerprint density at radius 3 is 2.32 bits per heavy atom. The highest BCUT2D eigenvalue weighted by atomic mass is 16.5. The third-order valence-electron chi connectivity index (χ3n) is 4.70. The van der Waals surface area contributed by atoms with Gasteiger partial charge in [-0.25, -0.2) is 9.59 Å². The lowest BCUT2D eigenvalue weighted by Crippen LogP contribution is -2.33. The Balaban J connectivity index is 2.03. The van der Waals surface area contributed by atoms with E-state index in [4.69, 9.17) is 9.47 Å². The average Bonchev–Trinajstić information content (AvgIpc) is 2.99. The van der Waals surface area contributed by atoms with Gasteiger partial charge in [-0.05, 0) is 38.8 Å². The van der Waals surface area contributed by atoms with Gasteiger partial charge in [-0.3, -0.25) is 4.79 Å². The number of carbonyl (C=O) groups excluding carboxylic acids is 3. The number of aromatic amines is 1. The molecule has 1 atom stereocenters. The summed E-state index contributed by atoms with van der Waals surface area (Å²) in [5.41, 5.74) is 2.41. The van der Waals surface area contributed by atoms with Crippen molar-refractivity contribution in [2.24, 2.45) is 0 Å². The maximum atomic E-state index is 12.4. The molecule has 0 spiro atoms. The Bertz CT molecular complexity index is 857. The topological polar surface area (TPSA) is 88.7 Å². The van der Waals surface area contributed by atoms with Crippen LogP contribution < -0.4 is 0 Å². The maximum absolute atomic E-state index is 12.4. The van der Waals surface area contributed by atoms with Gasteiger partial charge in [0.2, 0.25) is 0 Å². The van der Waals surface area contributed by atoms with Crippen LogP contribution in [0, 0.1) is 13.8 Å². The summed E-state index contributed by atoms with van der Waals surface area (Å²) in [6.45, 7) is 6.78. The van der Waals surface area contributed by atoms with Crippen LogP contribution in [0.2, 0.25) is 0 Å². The fraction of sp³-hybridized carbons (Fsp3) is 0.381. The second-order valence-corrected chi connectivity index (χ2v) is 6.51. The summed E-state index contributed by atoms with van der Waals surface area (Å²) < 4.78 is 10.2. The summed E-state index contributed by atoms with van der Waals surface area (Å²) in [7, 11) is 1.66. The predicted molar refractivity (Wildman–Crippen MR) is 104 cm³/mol. The number of aromatic nitrogens is 1. The Labute approximate surface area is 164 Å². The van der Waals surface area contributed by atoms with Crippen LogP contribution in [-0.4, -0.2) is 48.0 Å². The van der Waals surface area contributed by atoms with Crippen molar-refractivity contribution in [2.75, 3.05) is 20.3 Å². The number of aryl methyl sites for hydroxylation is 1. The number of benzene rings is 1. The van der Waals surface area contributed by atoms with E-state index in [9.17, 15) is 14.4 Å². The van der Waals surface area contributed by atoms with E-state index in [1.165, 1.54) is 4.90 Å². The van der Waals surface area contributed by atoms with Crippen LogP contribution in [0.15, 0.2) is 30.3 Å². The van der Waals surface area contributed by atoms with Gasteiger partial charge in [0.1, 0.15) is 5.69 Å². The Kier molecular flexibility index (Phi) is 6.98. The molecule has 1 heterocycles. The molecular formula is C21H26N2O5. The molecule has 1 aromatic carbocycles. The van der Waals surface area contributed by atoms with Crippen molar-refractivity contribution < 1.29 is 23.9 Å². The van der Waals surface area contributed by atoms with E-state index in [2.05, 4.69) is 4.98 Å². The van der Waals surface area contributed by atoms with Crippen LogP contribution >= 0.6 is 0 Å². The van der Waals surface area contributed by atoms with Crippen molar-refractivity contribution in [2.45, 2.75) is 33.7 Å². The zero-order valence-electron chi connectivity index (χ0n) is 16.9. The molecule has 1 N–H and O–H groups in total. The highest BCUT2D eigenvalue weighted by molar-refractivity contribution is 5.99. The first kappa shape index (κ1) is 21.2. The zero-order chi connectivity index (χ0) is 20.8. The molecule has 0 saturated carbocycles. The maximum Gasteiger partial charge on any atom is 0.355 e. The molecule has 1 amide bonds. The zero-order valence-corrected chi connectivity index (χ0v) is 16.9. The number of nitrogens with zero attached hydrogens (tertiary/aromatic N) is 1. The van der Waals surface area contributed by atoms with E-state index < -0.39 is 18.5 Å². The summed E-state index contributed by atoms with van der Waals surface area (Å²) >= 11 is 0. The molecule has 1 unspecified atom stereocenters. The molecular weight excluding hydrogens is 360 g/mol. The molecule has 0 saturated heterocycles. The number of hydrogen-bond acceptors (Lipinski definition) is 5. The van der Waals surface area contributed by atoms with E-state index in [-0.39, 0.29) is 24.2 Å². The molecule has 28 heavy (non-hydrogen) atoms. The average molecular weight is 386 g/mol. The minimum Gasteiger partial charge on any atom is -0.462 e. The number of hydrogen-bond donors (Lipinski definition) is 1. The number of nitrogens with one attached hydrogen (secondary N) is 1. The molecule has 0 fully saturated rings. The molecule has 7 nitrogen and oxygen atoms in total. The first-order chi connectivity index (χ1) is 13.3. The fourth-order valence-corrected chi connectivity index (χ4v) is 2.94. The summed E-state index contributed by atoms with van der Waals surface area (Å²) in [4.78, 5) is 41.2. The number of H-pyrrole nitrogens is 1. The minimum absolute atomic E-state index is 0.145. The Morgan fingerprint density at radius 2 is 1.71 bits per heavy atom. The van der Waals surface area contributed by atoms with Crippen molar-refractivity contribution in [1.29, 1.82) is 0 Å². The SMILES string of the molecule is CCOC(=O)c1c(C)[nH]c(C(=O)OCC(=O)N(C)C(C)c2ccccc2)c1C. The number of ether oxygens (including phenoxy) is 2. The van der Waals surface area contributed by atoms with E-state index in [1.807, 2.05) is 37.3 Å². The smallest absolute Gasteiger partial charge is 0.355 e.